The zero-order valence-corrected chi connectivity index (χ0v) is 17.0. The smallest absolute Gasteiger partial charge is 0.286 e. The molecular weight excluding hydrogens is 420 g/mol. The molecule has 144 valence electrons. The molecule has 0 atom stereocenters. The van der Waals surface area contributed by atoms with Crippen molar-refractivity contribution in [2.75, 3.05) is 23.5 Å². The number of ether oxygens (including phenoxy) is 1. The highest BCUT2D eigenvalue weighted by Gasteiger charge is 2.14. The number of hydrogen-bond donors (Lipinski definition) is 2. The second kappa shape index (κ2) is 9.54. The zero-order chi connectivity index (χ0) is 19.9. The molecule has 3 aromatic rings. The molecule has 10 heteroatoms. The van der Waals surface area contributed by atoms with E-state index in [0.717, 1.165) is 11.3 Å². The lowest BCUT2D eigenvalue weighted by Gasteiger charge is -2.05. The SMILES string of the molecule is COc1ccc(NC(=O)CSc2nnc(C(=O)Nc3cccc(Cl)c3)s2)cc1. The van der Waals surface area contributed by atoms with Gasteiger partial charge in [0, 0.05) is 16.4 Å². The summed E-state index contributed by atoms with van der Waals surface area (Å²) < 4.78 is 5.60. The van der Waals surface area contributed by atoms with Gasteiger partial charge in [-0.05, 0) is 42.5 Å². The largest absolute Gasteiger partial charge is 0.497 e. The monoisotopic (exact) mass is 434 g/mol. The summed E-state index contributed by atoms with van der Waals surface area (Å²) in [5, 5.41) is 14.0. The van der Waals surface area contributed by atoms with Gasteiger partial charge in [0.2, 0.25) is 10.9 Å². The Bertz CT molecular complexity index is 979. The first-order chi connectivity index (χ1) is 13.5. The third-order valence-corrected chi connectivity index (χ3v) is 5.67. The van der Waals surface area contributed by atoms with Gasteiger partial charge >= 0.3 is 0 Å². The van der Waals surface area contributed by atoms with Crippen LogP contribution < -0.4 is 15.4 Å². The van der Waals surface area contributed by atoms with Crippen LogP contribution >= 0.6 is 34.7 Å². The fourth-order valence-electron chi connectivity index (χ4n) is 2.11. The van der Waals surface area contributed by atoms with Crippen molar-refractivity contribution in [2.45, 2.75) is 4.34 Å². The lowest BCUT2D eigenvalue weighted by atomic mass is 10.3. The zero-order valence-electron chi connectivity index (χ0n) is 14.6. The highest BCUT2D eigenvalue weighted by atomic mass is 35.5. The van der Waals surface area contributed by atoms with Gasteiger partial charge < -0.3 is 15.4 Å². The molecule has 1 heterocycles. The number of anilines is 2. The number of carbonyl (C=O) groups is 2. The Kier molecular flexibility index (Phi) is 6.85. The standard InChI is InChI=1S/C18H15ClN4O3S2/c1-26-14-7-5-12(6-8-14)20-15(24)10-27-18-23-22-17(28-18)16(25)21-13-4-2-3-11(19)9-13/h2-9H,10H2,1H3,(H,20,24)(H,21,25). The van der Waals surface area contributed by atoms with Crippen LogP contribution in [0.2, 0.25) is 5.02 Å². The minimum atomic E-state index is -0.380. The summed E-state index contributed by atoms with van der Waals surface area (Å²) in [5.41, 5.74) is 1.24. The van der Waals surface area contributed by atoms with Gasteiger partial charge in [0.05, 0.1) is 12.9 Å². The number of benzene rings is 2. The second-order valence-electron chi connectivity index (χ2n) is 5.40. The molecule has 3 rings (SSSR count). The van der Waals surface area contributed by atoms with Crippen LogP contribution in [-0.2, 0) is 4.79 Å². The number of thioether (sulfide) groups is 1. The Hall–Kier alpha value is -2.62. The van der Waals surface area contributed by atoms with Gasteiger partial charge in [0.1, 0.15) is 5.75 Å². The van der Waals surface area contributed by atoms with E-state index in [2.05, 4.69) is 20.8 Å². The van der Waals surface area contributed by atoms with Crippen LogP contribution in [0.1, 0.15) is 9.80 Å². The van der Waals surface area contributed by atoms with E-state index < -0.39 is 0 Å². The summed E-state index contributed by atoms with van der Waals surface area (Å²) in [4.78, 5) is 24.3. The third-order valence-electron chi connectivity index (χ3n) is 3.38. The van der Waals surface area contributed by atoms with Crippen molar-refractivity contribution >= 4 is 57.9 Å². The van der Waals surface area contributed by atoms with Crippen molar-refractivity contribution in [3.63, 3.8) is 0 Å². The van der Waals surface area contributed by atoms with Crippen LogP contribution in [0, 0.1) is 0 Å². The van der Waals surface area contributed by atoms with Crippen LogP contribution in [0.5, 0.6) is 5.75 Å². The molecule has 0 aliphatic heterocycles. The summed E-state index contributed by atoms with van der Waals surface area (Å²) in [6.45, 7) is 0. The van der Waals surface area contributed by atoms with Crippen LogP contribution in [0.15, 0.2) is 52.9 Å². The maximum absolute atomic E-state index is 12.2. The Morgan fingerprint density at radius 2 is 1.89 bits per heavy atom. The Morgan fingerprint density at radius 3 is 2.61 bits per heavy atom. The first-order valence-corrected chi connectivity index (χ1v) is 10.2. The van der Waals surface area contributed by atoms with Crippen molar-refractivity contribution in [1.29, 1.82) is 0 Å². The molecule has 0 aliphatic carbocycles. The lowest BCUT2D eigenvalue weighted by molar-refractivity contribution is -0.113. The van der Waals surface area contributed by atoms with Gasteiger partial charge in [0.15, 0.2) is 4.34 Å². The first kappa shape index (κ1) is 20.1. The number of halogens is 1. The summed E-state index contributed by atoms with van der Waals surface area (Å²) in [5.74, 6) is 0.297. The predicted octanol–water partition coefficient (Wildman–Crippen LogP) is 4.18. The first-order valence-electron chi connectivity index (χ1n) is 8.00. The Morgan fingerprint density at radius 1 is 1.11 bits per heavy atom. The molecule has 0 saturated heterocycles. The molecule has 0 radical (unpaired) electrons. The normalized spacial score (nSPS) is 10.4. The van der Waals surface area contributed by atoms with E-state index in [-0.39, 0.29) is 22.6 Å². The predicted molar refractivity (Wildman–Crippen MR) is 112 cm³/mol. The van der Waals surface area contributed by atoms with E-state index in [1.807, 2.05) is 0 Å². The van der Waals surface area contributed by atoms with Crippen molar-refractivity contribution in [3.8, 4) is 5.75 Å². The van der Waals surface area contributed by atoms with Crippen LogP contribution in [0.25, 0.3) is 0 Å². The topological polar surface area (TPSA) is 93.2 Å². The number of rotatable bonds is 7. The fourth-order valence-corrected chi connectivity index (χ4v) is 3.85. The number of methoxy groups -OCH3 is 1. The van der Waals surface area contributed by atoms with E-state index in [1.54, 1.807) is 55.6 Å². The van der Waals surface area contributed by atoms with E-state index in [1.165, 1.54) is 11.8 Å². The molecule has 2 aromatic carbocycles. The van der Waals surface area contributed by atoms with Crippen molar-refractivity contribution in [3.05, 3.63) is 58.6 Å². The van der Waals surface area contributed by atoms with Gasteiger partial charge in [-0.1, -0.05) is 40.8 Å². The van der Waals surface area contributed by atoms with Crippen LogP contribution in [0.3, 0.4) is 0 Å². The Labute approximate surface area is 174 Å². The lowest BCUT2D eigenvalue weighted by Crippen LogP contribution is -2.13. The van der Waals surface area contributed by atoms with Crippen LogP contribution in [-0.4, -0.2) is 34.9 Å². The number of aromatic nitrogens is 2. The molecule has 28 heavy (non-hydrogen) atoms. The number of carbonyl (C=O) groups excluding carboxylic acids is 2. The molecule has 0 bridgehead atoms. The third kappa shape index (κ3) is 5.69. The van der Waals surface area contributed by atoms with E-state index >= 15 is 0 Å². The summed E-state index contributed by atoms with van der Waals surface area (Å²) >= 11 is 8.22. The summed E-state index contributed by atoms with van der Waals surface area (Å²) in [6, 6.07) is 13.9. The van der Waals surface area contributed by atoms with Gasteiger partial charge in [0.25, 0.3) is 5.91 Å². The van der Waals surface area contributed by atoms with Crippen molar-refractivity contribution < 1.29 is 14.3 Å². The molecule has 2 N–H and O–H groups in total. The molecular formula is C18H15ClN4O3S2. The molecule has 0 aliphatic rings. The molecule has 0 fully saturated rings. The fraction of sp³-hybridized carbons (Fsp3) is 0.111. The maximum atomic E-state index is 12.2. The molecule has 7 nitrogen and oxygen atoms in total. The molecule has 2 amide bonds. The number of hydrogen-bond acceptors (Lipinski definition) is 7. The molecule has 0 saturated carbocycles. The van der Waals surface area contributed by atoms with Gasteiger partial charge in [-0.15, -0.1) is 10.2 Å². The average Bonchev–Trinajstić information content (AvgIpc) is 3.16. The minimum Gasteiger partial charge on any atom is -0.497 e. The van der Waals surface area contributed by atoms with E-state index in [0.29, 0.717) is 26.5 Å². The van der Waals surface area contributed by atoms with Gasteiger partial charge in [-0.3, -0.25) is 9.59 Å². The average molecular weight is 435 g/mol. The summed E-state index contributed by atoms with van der Waals surface area (Å²) in [7, 11) is 1.58. The van der Waals surface area contributed by atoms with Gasteiger partial charge in [-0.25, -0.2) is 0 Å². The quantitative estimate of drug-likeness (QED) is 0.542. The number of nitrogens with one attached hydrogen (secondary N) is 2. The number of nitrogens with zero attached hydrogens (tertiary/aromatic N) is 2. The summed E-state index contributed by atoms with van der Waals surface area (Å²) in [6.07, 6.45) is 0. The maximum Gasteiger partial charge on any atom is 0.286 e. The molecule has 0 unspecified atom stereocenters. The molecule has 0 spiro atoms. The highest BCUT2D eigenvalue weighted by molar-refractivity contribution is 8.01. The van der Waals surface area contributed by atoms with Crippen LogP contribution in [0.4, 0.5) is 11.4 Å². The minimum absolute atomic E-state index is 0.149. The second-order valence-corrected chi connectivity index (χ2v) is 8.04. The van der Waals surface area contributed by atoms with E-state index in [9.17, 15) is 9.59 Å². The highest BCUT2D eigenvalue weighted by Crippen LogP contribution is 2.24. The molecule has 1 aromatic heterocycles. The van der Waals surface area contributed by atoms with E-state index in [4.69, 9.17) is 16.3 Å². The van der Waals surface area contributed by atoms with Crippen molar-refractivity contribution in [1.82, 2.24) is 10.2 Å². The Balaban J connectivity index is 1.51. The number of amides is 2. The van der Waals surface area contributed by atoms with Gasteiger partial charge in [-0.2, -0.15) is 0 Å². The van der Waals surface area contributed by atoms with Crippen molar-refractivity contribution in [2.24, 2.45) is 0 Å².